The molecule has 0 atom stereocenters. The molecule has 0 aliphatic rings. The molecule has 0 saturated heterocycles. The van der Waals surface area contributed by atoms with Crippen molar-refractivity contribution in [3.05, 3.63) is 59.7 Å². The van der Waals surface area contributed by atoms with Gasteiger partial charge in [0.2, 0.25) is 0 Å². The number of hydrogen-bond donors (Lipinski definition) is 0. The van der Waals surface area contributed by atoms with Crippen LogP contribution in [0.2, 0.25) is 0 Å². The highest BCUT2D eigenvalue weighted by Crippen LogP contribution is 2.37. The van der Waals surface area contributed by atoms with Crippen LogP contribution in [0.4, 0.5) is 0 Å². The molecule has 2 aromatic carbocycles. The minimum absolute atomic E-state index is 1.23. The minimum atomic E-state index is 1.23. The lowest BCUT2D eigenvalue weighted by molar-refractivity contribution is 0.668. The maximum atomic E-state index is 2.33. The summed E-state index contributed by atoms with van der Waals surface area (Å²) >= 11 is 0. The lowest BCUT2D eigenvalue weighted by atomic mass is 10.1. The lowest BCUT2D eigenvalue weighted by Gasteiger charge is -2.11. The van der Waals surface area contributed by atoms with E-state index in [1.807, 2.05) is 0 Å². The normalized spacial score (nSPS) is 11.9. The van der Waals surface area contributed by atoms with Crippen LogP contribution in [0.1, 0.15) is 76.3 Å². The molecule has 0 fully saturated rings. The van der Waals surface area contributed by atoms with E-state index in [0.717, 1.165) is 0 Å². The molecule has 0 saturated carbocycles. The van der Waals surface area contributed by atoms with Crippen LogP contribution in [0.25, 0.3) is 0 Å². The number of rotatable bonds is 13. The highest BCUT2D eigenvalue weighted by atomic mass is 32.0. The van der Waals surface area contributed by atoms with E-state index < -0.39 is 0 Å². The Labute approximate surface area is 165 Å². The molecule has 26 heavy (non-hydrogen) atoms. The SMILES string of the molecule is CCCCCCc1ccccc1[P][P]c1ccccc1CCCCCC. The third-order valence-corrected chi connectivity index (χ3v) is 7.84. The summed E-state index contributed by atoms with van der Waals surface area (Å²) in [6.07, 6.45) is 13.2. The van der Waals surface area contributed by atoms with Crippen LogP contribution in [-0.4, -0.2) is 0 Å². The first-order valence-electron chi connectivity index (χ1n) is 10.4. The van der Waals surface area contributed by atoms with E-state index in [2.05, 4.69) is 62.4 Å². The fraction of sp³-hybridized carbons (Fsp3) is 0.500. The van der Waals surface area contributed by atoms with Crippen molar-refractivity contribution >= 4 is 27.1 Å². The van der Waals surface area contributed by atoms with E-state index >= 15 is 0 Å². The molecule has 2 heteroatoms. The largest absolute Gasteiger partial charge is 0.0654 e. The summed E-state index contributed by atoms with van der Waals surface area (Å²) in [5.41, 5.74) is 3.11. The van der Waals surface area contributed by atoms with Gasteiger partial charge in [0.15, 0.2) is 0 Å². The minimum Gasteiger partial charge on any atom is -0.0654 e. The Morgan fingerprint density at radius 3 is 1.38 bits per heavy atom. The number of aryl methyl sites for hydroxylation is 2. The molecule has 0 heterocycles. The van der Waals surface area contributed by atoms with E-state index in [0.29, 0.717) is 0 Å². The summed E-state index contributed by atoms with van der Waals surface area (Å²) in [7, 11) is 2.86. The molecule has 0 unspecified atom stereocenters. The van der Waals surface area contributed by atoms with Crippen molar-refractivity contribution in [3.63, 3.8) is 0 Å². The second-order valence-electron chi connectivity index (χ2n) is 7.08. The Hall–Kier alpha value is -0.700. The van der Waals surface area contributed by atoms with Gasteiger partial charge in [-0.05, 0) is 64.0 Å². The van der Waals surface area contributed by atoms with Crippen LogP contribution in [0, 0.1) is 0 Å². The first kappa shape index (κ1) is 21.6. The smallest absolute Gasteiger partial charge is 0.00533 e. The van der Waals surface area contributed by atoms with Gasteiger partial charge in [-0.25, -0.2) is 0 Å². The van der Waals surface area contributed by atoms with Crippen molar-refractivity contribution in [3.8, 4) is 0 Å². The van der Waals surface area contributed by atoms with Crippen LogP contribution in [0.15, 0.2) is 48.5 Å². The van der Waals surface area contributed by atoms with E-state index in [1.54, 1.807) is 11.1 Å². The molecule has 0 amide bonds. The fourth-order valence-corrected chi connectivity index (χ4v) is 6.20. The van der Waals surface area contributed by atoms with Gasteiger partial charge in [0.25, 0.3) is 0 Å². The van der Waals surface area contributed by atoms with Crippen LogP contribution in [-0.2, 0) is 12.8 Å². The first-order valence-corrected chi connectivity index (χ1v) is 12.9. The van der Waals surface area contributed by atoms with Crippen LogP contribution in [0.5, 0.6) is 0 Å². The molecule has 0 nitrogen and oxygen atoms in total. The van der Waals surface area contributed by atoms with Gasteiger partial charge in [0.05, 0.1) is 0 Å². The summed E-state index contributed by atoms with van der Waals surface area (Å²) in [4.78, 5) is 0. The van der Waals surface area contributed by atoms with Crippen molar-refractivity contribution in [2.75, 3.05) is 0 Å². The van der Waals surface area contributed by atoms with Crippen LogP contribution >= 0.6 is 16.5 Å². The summed E-state index contributed by atoms with van der Waals surface area (Å²) in [6, 6.07) is 18.1. The number of hydrogen-bond acceptors (Lipinski definition) is 0. The Kier molecular flexibility index (Phi) is 11.2. The Morgan fingerprint density at radius 2 is 0.962 bits per heavy atom. The third-order valence-electron chi connectivity index (χ3n) is 4.85. The molecule has 0 aromatic heterocycles. The summed E-state index contributed by atoms with van der Waals surface area (Å²) < 4.78 is 0. The molecule has 0 aliphatic heterocycles. The molecule has 0 bridgehead atoms. The average Bonchev–Trinajstić information content (AvgIpc) is 2.68. The number of unbranched alkanes of at least 4 members (excludes halogenated alkanes) is 6. The summed E-state index contributed by atoms with van der Waals surface area (Å²) in [5, 5.41) is 3.04. The van der Waals surface area contributed by atoms with Gasteiger partial charge in [-0.15, -0.1) is 0 Å². The van der Waals surface area contributed by atoms with Crippen molar-refractivity contribution in [2.45, 2.75) is 78.1 Å². The van der Waals surface area contributed by atoms with E-state index in [4.69, 9.17) is 0 Å². The summed E-state index contributed by atoms with van der Waals surface area (Å²) in [5.74, 6) is 0. The second-order valence-corrected chi connectivity index (χ2v) is 9.64. The van der Waals surface area contributed by atoms with E-state index in [-0.39, 0.29) is 0 Å². The topological polar surface area (TPSA) is 0 Å². The second kappa shape index (κ2) is 13.5. The molecular weight excluding hydrogens is 350 g/mol. The quantitative estimate of drug-likeness (QED) is 0.245. The van der Waals surface area contributed by atoms with Crippen LogP contribution < -0.4 is 10.6 Å². The third kappa shape index (κ3) is 7.90. The Morgan fingerprint density at radius 1 is 0.538 bits per heavy atom. The van der Waals surface area contributed by atoms with Crippen molar-refractivity contribution in [2.24, 2.45) is 0 Å². The maximum absolute atomic E-state index is 2.33. The van der Waals surface area contributed by atoms with E-state index in [1.165, 1.54) is 91.4 Å². The predicted molar refractivity (Wildman–Crippen MR) is 122 cm³/mol. The van der Waals surface area contributed by atoms with Crippen molar-refractivity contribution in [1.82, 2.24) is 0 Å². The summed E-state index contributed by atoms with van der Waals surface area (Å²) in [6.45, 7) is 4.57. The molecule has 2 aromatic rings. The molecule has 0 spiro atoms. The molecule has 140 valence electrons. The van der Waals surface area contributed by atoms with Crippen molar-refractivity contribution in [1.29, 1.82) is 0 Å². The van der Waals surface area contributed by atoms with Gasteiger partial charge in [-0.3, -0.25) is 0 Å². The number of benzene rings is 2. The van der Waals surface area contributed by atoms with E-state index in [9.17, 15) is 0 Å². The Bertz CT molecular complexity index is 566. The van der Waals surface area contributed by atoms with Gasteiger partial charge in [0, 0.05) is 0 Å². The fourth-order valence-electron chi connectivity index (χ4n) is 3.23. The van der Waals surface area contributed by atoms with Gasteiger partial charge in [-0.2, -0.15) is 0 Å². The van der Waals surface area contributed by atoms with Crippen molar-refractivity contribution < 1.29 is 0 Å². The lowest BCUT2D eigenvalue weighted by Crippen LogP contribution is -2.06. The molecular formula is C24H34P2. The molecule has 0 N–H and O–H groups in total. The van der Waals surface area contributed by atoms with Gasteiger partial charge < -0.3 is 0 Å². The van der Waals surface area contributed by atoms with Gasteiger partial charge in [-0.1, -0.05) is 101 Å². The first-order chi connectivity index (χ1) is 12.8. The maximum Gasteiger partial charge on any atom is -0.00533 e. The predicted octanol–water partition coefficient (Wildman–Crippen LogP) is 7.69. The zero-order valence-corrected chi connectivity index (χ0v) is 18.4. The highest BCUT2D eigenvalue weighted by Gasteiger charge is 2.07. The molecule has 0 aliphatic carbocycles. The van der Waals surface area contributed by atoms with Gasteiger partial charge >= 0.3 is 0 Å². The van der Waals surface area contributed by atoms with Gasteiger partial charge in [0.1, 0.15) is 0 Å². The Balaban J connectivity index is 1.92. The average molecular weight is 384 g/mol. The molecule has 2 rings (SSSR count). The van der Waals surface area contributed by atoms with Crippen LogP contribution in [0.3, 0.4) is 0 Å². The zero-order chi connectivity index (χ0) is 18.5. The monoisotopic (exact) mass is 384 g/mol. The highest BCUT2D eigenvalue weighted by molar-refractivity contribution is 8.18. The zero-order valence-electron chi connectivity index (χ0n) is 16.6. The molecule has 2 radical (unpaired) electrons. The standard InChI is InChI=1S/C24H34P2/c1-3-5-7-9-15-21-17-11-13-19-23(21)25-26-24-20-14-12-18-22(24)16-10-8-6-4-2/h11-14,17-20H,3-10,15-16H2,1-2H3.